The summed E-state index contributed by atoms with van der Waals surface area (Å²) in [5.41, 5.74) is 2.95. The predicted molar refractivity (Wildman–Crippen MR) is 76.7 cm³/mol. The third-order valence-electron chi connectivity index (χ3n) is 3.62. The molecule has 0 amide bonds. The van der Waals surface area contributed by atoms with E-state index in [1.165, 1.54) is 5.56 Å². The first-order valence-corrected chi connectivity index (χ1v) is 6.84. The van der Waals surface area contributed by atoms with E-state index in [0.29, 0.717) is 17.4 Å². The number of rotatable bonds is 2. The molecule has 0 saturated carbocycles. The van der Waals surface area contributed by atoms with Gasteiger partial charge in [0.05, 0.1) is 12.1 Å². The second-order valence-electron chi connectivity index (χ2n) is 4.90. The fourth-order valence-electron chi connectivity index (χ4n) is 2.62. The van der Waals surface area contributed by atoms with Gasteiger partial charge in [-0.25, -0.2) is 4.98 Å². The van der Waals surface area contributed by atoms with Crippen LogP contribution in [0.5, 0.6) is 0 Å². The van der Waals surface area contributed by atoms with Gasteiger partial charge in [-0.2, -0.15) is 4.98 Å². The first-order valence-electron chi connectivity index (χ1n) is 6.84. The molecule has 3 aromatic rings. The highest BCUT2D eigenvalue weighted by molar-refractivity contribution is 5.56. The van der Waals surface area contributed by atoms with Gasteiger partial charge in [-0.3, -0.25) is 4.98 Å². The van der Waals surface area contributed by atoms with E-state index in [0.717, 1.165) is 18.7 Å². The van der Waals surface area contributed by atoms with Crippen LogP contribution in [0.25, 0.3) is 11.5 Å². The molecule has 2 aromatic heterocycles. The Kier molecular flexibility index (Phi) is 2.85. The van der Waals surface area contributed by atoms with Crippen molar-refractivity contribution in [2.24, 2.45) is 0 Å². The fraction of sp³-hybridized carbons (Fsp3) is 0.200. The topological polar surface area (TPSA) is 76.7 Å². The summed E-state index contributed by atoms with van der Waals surface area (Å²) in [6, 6.07) is 8.21. The molecule has 0 aliphatic carbocycles. The van der Waals surface area contributed by atoms with Gasteiger partial charge in [0.2, 0.25) is 11.7 Å². The van der Waals surface area contributed by atoms with Gasteiger partial charge in [-0.05, 0) is 18.1 Å². The van der Waals surface area contributed by atoms with Crippen molar-refractivity contribution in [3.05, 3.63) is 54.3 Å². The molecule has 1 atom stereocenters. The van der Waals surface area contributed by atoms with E-state index >= 15 is 0 Å². The highest BCUT2D eigenvalue weighted by Crippen LogP contribution is 2.35. The van der Waals surface area contributed by atoms with Gasteiger partial charge in [0, 0.05) is 24.6 Å². The number of benzene rings is 1. The van der Waals surface area contributed by atoms with Crippen molar-refractivity contribution >= 4 is 5.69 Å². The number of nitrogens with one attached hydrogen (secondary N) is 1. The van der Waals surface area contributed by atoms with Crippen LogP contribution in [0.2, 0.25) is 0 Å². The van der Waals surface area contributed by atoms with Crippen molar-refractivity contribution in [1.29, 1.82) is 0 Å². The number of anilines is 1. The SMILES string of the molecule is c1ccc2c(c1)NCCC2c1nc(-c2cnccn2)no1. The van der Waals surface area contributed by atoms with Gasteiger partial charge in [-0.15, -0.1) is 0 Å². The quantitative estimate of drug-likeness (QED) is 0.776. The molecule has 1 unspecified atom stereocenters. The molecule has 1 N–H and O–H groups in total. The summed E-state index contributed by atoms with van der Waals surface area (Å²) in [5, 5.41) is 7.41. The van der Waals surface area contributed by atoms with E-state index in [1.54, 1.807) is 18.6 Å². The number of hydrogen-bond acceptors (Lipinski definition) is 6. The normalized spacial score (nSPS) is 17.0. The average Bonchev–Trinajstić information content (AvgIpc) is 3.05. The van der Waals surface area contributed by atoms with Crippen LogP contribution in [-0.4, -0.2) is 26.7 Å². The van der Waals surface area contributed by atoms with Gasteiger partial charge in [0.25, 0.3) is 0 Å². The summed E-state index contributed by atoms with van der Waals surface area (Å²) in [5.74, 6) is 1.24. The summed E-state index contributed by atoms with van der Waals surface area (Å²) in [7, 11) is 0. The van der Waals surface area contributed by atoms with Gasteiger partial charge >= 0.3 is 0 Å². The third kappa shape index (κ3) is 2.14. The number of nitrogens with zero attached hydrogens (tertiary/aromatic N) is 4. The molecule has 1 aromatic carbocycles. The maximum Gasteiger partial charge on any atom is 0.234 e. The van der Waals surface area contributed by atoms with Gasteiger partial charge in [0.1, 0.15) is 5.69 Å². The summed E-state index contributed by atoms with van der Waals surface area (Å²) in [6.07, 6.45) is 5.79. The van der Waals surface area contributed by atoms with E-state index in [2.05, 4.69) is 37.6 Å². The van der Waals surface area contributed by atoms with Crippen molar-refractivity contribution in [3.8, 4) is 11.5 Å². The van der Waals surface area contributed by atoms with E-state index in [1.807, 2.05) is 12.1 Å². The lowest BCUT2D eigenvalue weighted by atomic mass is 9.91. The molecule has 6 heteroatoms. The number of fused-ring (bicyclic) bond motifs is 1. The molecule has 0 bridgehead atoms. The Morgan fingerprint density at radius 2 is 2.14 bits per heavy atom. The Labute approximate surface area is 121 Å². The molecular formula is C15H13N5O. The molecule has 0 saturated heterocycles. The van der Waals surface area contributed by atoms with Crippen molar-refractivity contribution in [2.45, 2.75) is 12.3 Å². The monoisotopic (exact) mass is 279 g/mol. The van der Waals surface area contributed by atoms with Gasteiger partial charge in [0.15, 0.2) is 0 Å². The number of aromatic nitrogens is 4. The zero-order valence-corrected chi connectivity index (χ0v) is 11.2. The zero-order valence-electron chi connectivity index (χ0n) is 11.2. The maximum atomic E-state index is 5.46. The molecule has 1 aliphatic rings. The minimum absolute atomic E-state index is 0.125. The largest absolute Gasteiger partial charge is 0.385 e. The highest BCUT2D eigenvalue weighted by Gasteiger charge is 2.26. The molecule has 0 radical (unpaired) electrons. The first-order chi connectivity index (χ1) is 10.4. The predicted octanol–water partition coefficient (Wildman–Crippen LogP) is 2.47. The molecule has 4 rings (SSSR count). The Bertz CT molecular complexity index is 756. The second-order valence-corrected chi connectivity index (χ2v) is 4.90. The molecule has 0 fully saturated rings. The second kappa shape index (κ2) is 4.97. The van der Waals surface area contributed by atoms with Crippen molar-refractivity contribution in [3.63, 3.8) is 0 Å². The van der Waals surface area contributed by atoms with Crippen LogP contribution < -0.4 is 5.32 Å². The molecule has 3 heterocycles. The number of para-hydroxylation sites is 1. The summed E-state index contributed by atoms with van der Waals surface area (Å²) in [4.78, 5) is 12.7. The van der Waals surface area contributed by atoms with Crippen molar-refractivity contribution < 1.29 is 4.52 Å². The highest BCUT2D eigenvalue weighted by atomic mass is 16.5. The Morgan fingerprint density at radius 1 is 1.19 bits per heavy atom. The Hall–Kier alpha value is -2.76. The minimum Gasteiger partial charge on any atom is -0.385 e. The first kappa shape index (κ1) is 12.0. The van der Waals surface area contributed by atoms with E-state index in [4.69, 9.17) is 4.52 Å². The van der Waals surface area contributed by atoms with Gasteiger partial charge in [-0.1, -0.05) is 23.4 Å². The Balaban J connectivity index is 1.71. The van der Waals surface area contributed by atoms with Crippen LogP contribution in [0.15, 0.2) is 47.4 Å². The lowest BCUT2D eigenvalue weighted by molar-refractivity contribution is 0.361. The maximum absolute atomic E-state index is 5.46. The van der Waals surface area contributed by atoms with Crippen LogP contribution in [0.1, 0.15) is 23.8 Å². The van der Waals surface area contributed by atoms with Crippen LogP contribution >= 0.6 is 0 Å². The summed E-state index contributed by atoms with van der Waals surface area (Å²) < 4.78 is 5.46. The molecule has 104 valence electrons. The van der Waals surface area contributed by atoms with Crippen LogP contribution in [0, 0.1) is 0 Å². The van der Waals surface area contributed by atoms with E-state index < -0.39 is 0 Å². The summed E-state index contributed by atoms with van der Waals surface area (Å²) in [6.45, 7) is 0.893. The smallest absolute Gasteiger partial charge is 0.234 e. The Morgan fingerprint density at radius 3 is 3.05 bits per heavy atom. The van der Waals surface area contributed by atoms with Crippen LogP contribution in [0.3, 0.4) is 0 Å². The molecule has 0 spiro atoms. The van der Waals surface area contributed by atoms with Crippen molar-refractivity contribution in [1.82, 2.24) is 20.1 Å². The molecule has 21 heavy (non-hydrogen) atoms. The fourth-order valence-corrected chi connectivity index (χ4v) is 2.62. The van der Waals surface area contributed by atoms with Gasteiger partial charge < -0.3 is 9.84 Å². The number of hydrogen-bond donors (Lipinski definition) is 1. The van der Waals surface area contributed by atoms with Crippen LogP contribution in [-0.2, 0) is 0 Å². The summed E-state index contributed by atoms with van der Waals surface area (Å²) >= 11 is 0. The molecule has 6 nitrogen and oxygen atoms in total. The van der Waals surface area contributed by atoms with Crippen LogP contribution in [0.4, 0.5) is 5.69 Å². The standard InChI is InChI=1S/C15H13N5O/c1-2-4-12-10(3-1)11(5-6-17-12)15-19-14(20-21-15)13-9-16-7-8-18-13/h1-4,7-9,11,17H,5-6H2. The molecular weight excluding hydrogens is 266 g/mol. The lowest BCUT2D eigenvalue weighted by Gasteiger charge is -2.23. The minimum atomic E-state index is 0.125. The zero-order chi connectivity index (χ0) is 14.1. The third-order valence-corrected chi connectivity index (χ3v) is 3.62. The lowest BCUT2D eigenvalue weighted by Crippen LogP contribution is -2.17. The van der Waals surface area contributed by atoms with Crippen molar-refractivity contribution in [2.75, 3.05) is 11.9 Å². The van der Waals surface area contributed by atoms with E-state index in [-0.39, 0.29) is 5.92 Å². The average molecular weight is 279 g/mol. The van der Waals surface area contributed by atoms with E-state index in [9.17, 15) is 0 Å². The molecule has 1 aliphatic heterocycles.